The number of methoxy groups -OCH3 is 1. The largest absolute Gasteiger partial charge is 0.496 e. The highest BCUT2D eigenvalue weighted by Gasteiger charge is 2.42. The summed E-state index contributed by atoms with van der Waals surface area (Å²) >= 11 is 0. The van der Waals surface area contributed by atoms with E-state index < -0.39 is 35.8 Å². The van der Waals surface area contributed by atoms with Crippen molar-refractivity contribution in [1.82, 2.24) is 10.6 Å². The molecule has 0 aromatic heterocycles. The molecule has 3 aromatic rings. The Morgan fingerprint density at radius 1 is 1.12 bits per heavy atom. The molecule has 1 heterocycles. The number of nitrogens with zero attached hydrogens (tertiary/aromatic N) is 3. The van der Waals surface area contributed by atoms with Crippen LogP contribution in [-0.2, 0) is 20.9 Å². The number of nitrogens with one attached hydrogen (secondary N) is 2. The first kappa shape index (κ1) is 32.1. The second kappa shape index (κ2) is 13.5. The van der Waals surface area contributed by atoms with Gasteiger partial charge in [0, 0.05) is 18.1 Å². The first-order valence-corrected chi connectivity index (χ1v) is 13.2. The average molecular weight is 594 g/mol. The number of carbonyl (C=O) groups is 3. The van der Waals surface area contributed by atoms with Crippen molar-refractivity contribution in [2.45, 2.75) is 45.4 Å². The smallest absolute Gasteiger partial charge is 0.252 e. The van der Waals surface area contributed by atoms with Gasteiger partial charge in [-0.3, -0.25) is 14.4 Å². The van der Waals surface area contributed by atoms with Gasteiger partial charge in [-0.05, 0) is 62.9 Å². The molecular formula is C31H33ClFN5O4. The molecule has 4 rings (SSSR count). The maximum Gasteiger partial charge on any atom is 0.252 e. The average Bonchev–Trinajstić information content (AvgIpc) is 3.05. The van der Waals surface area contributed by atoms with Crippen LogP contribution in [0.25, 0.3) is 11.1 Å². The van der Waals surface area contributed by atoms with E-state index in [-0.39, 0.29) is 24.9 Å². The Morgan fingerprint density at radius 2 is 1.83 bits per heavy atom. The lowest BCUT2D eigenvalue weighted by Gasteiger charge is -2.32. The minimum absolute atomic E-state index is 0. The molecule has 0 saturated heterocycles. The van der Waals surface area contributed by atoms with Crippen molar-refractivity contribution in [3.05, 3.63) is 77.6 Å². The van der Waals surface area contributed by atoms with Crippen molar-refractivity contribution >= 4 is 41.5 Å². The lowest BCUT2D eigenvalue weighted by molar-refractivity contribution is -0.129. The Labute approximate surface area is 250 Å². The Balaban J connectivity index is 0.00000484. The summed E-state index contributed by atoms with van der Waals surface area (Å²) in [5.41, 5.74) is 2.61. The lowest BCUT2D eigenvalue weighted by Crippen LogP contribution is -2.59. The fraction of sp³-hybridized carbons (Fsp3) is 0.290. The van der Waals surface area contributed by atoms with Crippen LogP contribution < -0.4 is 25.2 Å². The number of likely N-dealkylation sites (N-methyl/N-ethyl adjacent to an activating group) is 1. The van der Waals surface area contributed by atoms with E-state index in [1.165, 1.54) is 29.9 Å². The van der Waals surface area contributed by atoms with Crippen LogP contribution in [0.15, 0.2) is 60.7 Å². The van der Waals surface area contributed by atoms with E-state index in [0.717, 1.165) is 0 Å². The van der Waals surface area contributed by atoms with E-state index in [1.807, 2.05) is 0 Å². The van der Waals surface area contributed by atoms with Crippen molar-refractivity contribution in [2.24, 2.45) is 0 Å². The number of ether oxygens (including phenoxy) is 1. The molecule has 0 fully saturated rings. The number of carbonyl (C=O) groups excluding carboxylic acids is 3. The van der Waals surface area contributed by atoms with Crippen LogP contribution in [0.4, 0.5) is 15.8 Å². The third kappa shape index (κ3) is 6.22. The molecule has 11 heteroatoms. The molecule has 2 N–H and O–H groups in total. The predicted octanol–water partition coefficient (Wildman–Crippen LogP) is 4.18. The van der Waals surface area contributed by atoms with Crippen LogP contribution in [0.2, 0.25) is 0 Å². The summed E-state index contributed by atoms with van der Waals surface area (Å²) in [7, 11) is 3.13. The molecule has 220 valence electrons. The number of nitriles is 1. The zero-order chi connectivity index (χ0) is 29.8. The number of benzene rings is 3. The van der Waals surface area contributed by atoms with Crippen LogP contribution in [0.3, 0.4) is 0 Å². The molecule has 1 unspecified atom stereocenters. The summed E-state index contributed by atoms with van der Waals surface area (Å²) in [4.78, 5) is 43.1. The summed E-state index contributed by atoms with van der Waals surface area (Å²) in [6.45, 7) is 4.69. The SMILES string of the molecule is CNC(C)C(=O)N[C@@H]1C(=O)N(Cc2cc(-c3ccccc3F)ccc2OC)c2ccc(C#N)cc2N(C(C)=O)[C@H]1C.Cl. The Kier molecular flexibility index (Phi) is 10.3. The van der Waals surface area contributed by atoms with Crippen molar-refractivity contribution in [3.63, 3.8) is 0 Å². The van der Waals surface area contributed by atoms with E-state index in [9.17, 15) is 24.0 Å². The van der Waals surface area contributed by atoms with Gasteiger partial charge >= 0.3 is 0 Å². The molecular weight excluding hydrogens is 561 g/mol. The number of rotatable bonds is 7. The molecule has 1 aliphatic heterocycles. The first-order valence-electron chi connectivity index (χ1n) is 13.2. The quantitative estimate of drug-likeness (QED) is 0.425. The van der Waals surface area contributed by atoms with Gasteiger partial charge in [0.2, 0.25) is 11.8 Å². The third-order valence-corrected chi connectivity index (χ3v) is 7.33. The number of hydrogen-bond acceptors (Lipinski definition) is 6. The molecule has 0 bridgehead atoms. The zero-order valence-corrected chi connectivity index (χ0v) is 24.8. The lowest BCUT2D eigenvalue weighted by atomic mass is 10.0. The van der Waals surface area contributed by atoms with Gasteiger partial charge in [-0.15, -0.1) is 12.4 Å². The van der Waals surface area contributed by atoms with E-state index in [2.05, 4.69) is 16.7 Å². The van der Waals surface area contributed by atoms with Gasteiger partial charge in [-0.2, -0.15) is 5.26 Å². The van der Waals surface area contributed by atoms with Crippen LogP contribution in [0.1, 0.15) is 31.9 Å². The van der Waals surface area contributed by atoms with Crippen LogP contribution in [-0.4, -0.2) is 50.0 Å². The van der Waals surface area contributed by atoms with Crippen molar-refractivity contribution in [2.75, 3.05) is 24.0 Å². The topological polar surface area (TPSA) is 115 Å². The molecule has 9 nitrogen and oxygen atoms in total. The zero-order valence-electron chi connectivity index (χ0n) is 24.0. The normalized spacial score (nSPS) is 16.8. The van der Waals surface area contributed by atoms with Crippen molar-refractivity contribution < 1.29 is 23.5 Å². The Bertz CT molecular complexity index is 1540. The van der Waals surface area contributed by atoms with Gasteiger partial charge in [-0.1, -0.05) is 24.3 Å². The number of fused-ring (bicyclic) bond motifs is 1. The fourth-order valence-corrected chi connectivity index (χ4v) is 5.02. The van der Waals surface area contributed by atoms with Gasteiger partial charge < -0.3 is 25.2 Å². The summed E-state index contributed by atoms with van der Waals surface area (Å²) < 4.78 is 20.3. The van der Waals surface area contributed by atoms with Gasteiger partial charge in [0.25, 0.3) is 5.91 Å². The second-order valence-electron chi connectivity index (χ2n) is 9.87. The molecule has 3 aromatic carbocycles. The summed E-state index contributed by atoms with van der Waals surface area (Å²) in [5.74, 6) is -1.15. The predicted molar refractivity (Wildman–Crippen MR) is 161 cm³/mol. The van der Waals surface area contributed by atoms with Crippen molar-refractivity contribution in [3.8, 4) is 22.9 Å². The van der Waals surface area contributed by atoms with E-state index in [0.29, 0.717) is 39.4 Å². The van der Waals surface area contributed by atoms with Gasteiger partial charge in [-0.25, -0.2) is 4.39 Å². The molecule has 0 aliphatic carbocycles. The van der Waals surface area contributed by atoms with Gasteiger partial charge in [0.15, 0.2) is 0 Å². The molecule has 3 amide bonds. The highest BCUT2D eigenvalue weighted by atomic mass is 35.5. The number of anilines is 2. The van der Waals surface area contributed by atoms with Crippen LogP contribution in [0.5, 0.6) is 5.75 Å². The number of amides is 3. The maximum atomic E-state index is 14.7. The fourth-order valence-electron chi connectivity index (χ4n) is 5.02. The van der Waals surface area contributed by atoms with E-state index in [4.69, 9.17) is 4.74 Å². The molecule has 0 radical (unpaired) electrons. The highest BCUT2D eigenvalue weighted by Crippen LogP contribution is 2.39. The molecule has 0 saturated carbocycles. The molecule has 0 spiro atoms. The van der Waals surface area contributed by atoms with Gasteiger partial charge in [0.05, 0.1) is 48.7 Å². The number of hydrogen-bond donors (Lipinski definition) is 2. The monoisotopic (exact) mass is 593 g/mol. The maximum absolute atomic E-state index is 14.7. The van der Waals surface area contributed by atoms with Crippen molar-refractivity contribution in [1.29, 1.82) is 5.26 Å². The minimum Gasteiger partial charge on any atom is -0.496 e. The van der Waals surface area contributed by atoms with Crippen LogP contribution >= 0.6 is 12.4 Å². The molecule has 3 atom stereocenters. The minimum atomic E-state index is -1.11. The highest BCUT2D eigenvalue weighted by molar-refractivity contribution is 6.08. The van der Waals surface area contributed by atoms with E-state index in [1.54, 1.807) is 75.5 Å². The summed E-state index contributed by atoms with van der Waals surface area (Å²) in [6, 6.07) is 15.9. The molecule has 1 aliphatic rings. The second-order valence-corrected chi connectivity index (χ2v) is 9.87. The first-order chi connectivity index (χ1) is 19.6. The van der Waals surface area contributed by atoms with Gasteiger partial charge in [0.1, 0.15) is 17.6 Å². The standard InChI is InChI=1S/C31H32FN5O4.ClH/c1-18(34-4)30(39)35-29-19(2)37(20(3)38)27-14-21(16-33)10-12-26(27)36(31(29)40)17-23-15-22(11-13-28(23)41-5)24-8-6-7-9-25(24)32;/h6-15,18-19,29,34H,17H2,1-5H3,(H,35,39);1H/t18?,19-,29-;/m0./s1. The summed E-state index contributed by atoms with van der Waals surface area (Å²) in [6.07, 6.45) is 0. The number of halogens is 2. The van der Waals surface area contributed by atoms with E-state index >= 15 is 0 Å². The molecule has 42 heavy (non-hydrogen) atoms. The Morgan fingerprint density at radius 3 is 2.45 bits per heavy atom. The summed E-state index contributed by atoms with van der Waals surface area (Å²) in [5, 5.41) is 15.3. The Hall–Kier alpha value is -4.46. The third-order valence-electron chi connectivity index (χ3n) is 7.33. The van der Waals surface area contributed by atoms with Crippen LogP contribution in [0, 0.1) is 17.1 Å².